The van der Waals surface area contributed by atoms with E-state index in [1.807, 2.05) is 35.0 Å². The topological polar surface area (TPSA) is 78.2 Å². The van der Waals surface area contributed by atoms with Crippen molar-refractivity contribution in [2.45, 2.75) is 32.7 Å². The monoisotopic (exact) mass is 438 g/mol. The van der Waals surface area contributed by atoms with Crippen molar-refractivity contribution in [3.63, 3.8) is 0 Å². The summed E-state index contributed by atoms with van der Waals surface area (Å²) in [5.41, 5.74) is 0.698. The second-order valence-electron chi connectivity index (χ2n) is 7.46. The molecular weight excluding hydrogens is 412 g/mol. The zero-order valence-electron chi connectivity index (χ0n) is 17.8. The molecular formula is C23H26N4O3S. The van der Waals surface area contributed by atoms with Crippen LogP contribution in [-0.4, -0.2) is 33.2 Å². The van der Waals surface area contributed by atoms with Crippen LogP contribution in [0.15, 0.2) is 47.8 Å². The standard InChI is InChI=1S/C23H26N4O3S/c1-3-4-14-30-19-18-20(16-8-5-6-9-17(16)26(2)23(18)29)31-21(19)22(28)25-10-7-12-27-13-11-24-15-27/h5-6,8-9,11,13,15H,3-4,7,10,12,14H2,1-2H3,(H,25,28). The number of benzene rings is 1. The Hall–Kier alpha value is -3.13. The highest BCUT2D eigenvalue weighted by Gasteiger charge is 2.24. The summed E-state index contributed by atoms with van der Waals surface area (Å²) in [5, 5.41) is 4.42. The van der Waals surface area contributed by atoms with Crippen LogP contribution in [0.3, 0.4) is 0 Å². The summed E-state index contributed by atoms with van der Waals surface area (Å²) < 4.78 is 10.4. The normalized spacial score (nSPS) is 11.3. The predicted molar refractivity (Wildman–Crippen MR) is 124 cm³/mol. The lowest BCUT2D eigenvalue weighted by Gasteiger charge is -2.09. The molecule has 0 fully saturated rings. The lowest BCUT2D eigenvalue weighted by atomic mass is 10.1. The number of ether oxygens (including phenoxy) is 1. The summed E-state index contributed by atoms with van der Waals surface area (Å²) >= 11 is 1.33. The van der Waals surface area contributed by atoms with Gasteiger partial charge >= 0.3 is 0 Å². The predicted octanol–water partition coefficient (Wildman–Crippen LogP) is 3.95. The number of para-hydroxylation sites is 1. The van der Waals surface area contributed by atoms with Gasteiger partial charge < -0.3 is 19.2 Å². The summed E-state index contributed by atoms with van der Waals surface area (Å²) in [7, 11) is 1.76. The number of thiophene rings is 1. The molecule has 0 aliphatic carbocycles. The molecule has 1 aromatic carbocycles. The molecule has 4 aromatic rings. The highest BCUT2D eigenvalue weighted by molar-refractivity contribution is 7.22. The average molecular weight is 439 g/mol. The third-order valence-electron chi connectivity index (χ3n) is 5.28. The van der Waals surface area contributed by atoms with Crippen molar-refractivity contribution in [1.82, 2.24) is 19.4 Å². The van der Waals surface area contributed by atoms with Gasteiger partial charge in [0.05, 0.1) is 23.2 Å². The summed E-state index contributed by atoms with van der Waals surface area (Å²) in [5.74, 6) is 0.205. The van der Waals surface area contributed by atoms with Crippen LogP contribution in [0.2, 0.25) is 0 Å². The number of nitrogens with one attached hydrogen (secondary N) is 1. The highest BCUT2D eigenvalue weighted by atomic mass is 32.1. The molecule has 0 aliphatic heterocycles. The van der Waals surface area contributed by atoms with Crippen LogP contribution in [0, 0.1) is 0 Å². The van der Waals surface area contributed by atoms with Crippen LogP contribution in [0.25, 0.3) is 21.0 Å². The molecule has 3 aromatic heterocycles. The van der Waals surface area contributed by atoms with E-state index in [0.29, 0.717) is 29.2 Å². The van der Waals surface area contributed by atoms with E-state index >= 15 is 0 Å². The summed E-state index contributed by atoms with van der Waals surface area (Å²) in [4.78, 5) is 30.7. The van der Waals surface area contributed by atoms with Gasteiger partial charge in [0.2, 0.25) is 0 Å². The van der Waals surface area contributed by atoms with Crippen LogP contribution < -0.4 is 15.6 Å². The van der Waals surface area contributed by atoms with Crippen molar-refractivity contribution in [3.05, 3.63) is 58.2 Å². The van der Waals surface area contributed by atoms with Crippen molar-refractivity contribution < 1.29 is 9.53 Å². The van der Waals surface area contributed by atoms with E-state index in [0.717, 1.165) is 41.4 Å². The minimum absolute atomic E-state index is 0.143. The Bertz CT molecular complexity index is 1260. The maximum atomic E-state index is 13.2. The molecule has 1 amide bonds. The molecule has 0 unspecified atom stereocenters. The molecule has 7 nitrogen and oxygen atoms in total. The number of carbonyl (C=O) groups excluding carboxylic acids is 1. The zero-order valence-corrected chi connectivity index (χ0v) is 18.6. The lowest BCUT2D eigenvalue weighted by Crippen LogP contribution is -2.25. The van der Waals surface area contributed by atoms with Gasteiger partial charge in [-0.15, -0.1) is 11.3 Å². The average Bonchev–Trinajstić information content (AvgIpc) is 3.43. The van der Waals surface area contributed by atoms with E-state index in [1.165, 1.54) is 11.3 Å². The van der Waals surface area contributed by atoms with Crippen LogP contribution in [-0.2, 0) is 13.6 Å². The molecule has 0 aliphatic rings. The van der Waals surface area contributed by atoms with Gasteiger partial charge in [-0.25, -0.2) is 4.98 Å². The lowest BCUT2D eigenvalue weighted by molar-refractivity contribution is 0.0953. The molecule has 0 atom stereocenters. The smallest absolute Gasteiger partial charge is 0.265 e. The minimum atomic E-state index is -0.204. The zero-order chi connectivity index (χ0) is 21.8. The number of aromatic nitrogens is 3. The fourth-order valence-electron chi connectivity index (χ4n) is 3.60. The van der Waals surface area contributed by atoms with Gasteiger partial charge in [0.25, 0.3) is 11.5 Å². The number of amides is 1. The highest BCUT2D eigenvalue weighted by Crippen LogP contribution is 2.39. The Morgan fingerprint density at radius 3 is 2.87 bits per heavy atom. The molecule has 0 spiro atoms. The Balaban J connectivity index is 1.68. The first-order valence-electron chi connectivity index (χ1n) is 10.5. The quantitative estimate of drug-likeness (QED) is 0.402. The number of nitrogens with zero attached hydrogens (tertiary/aromatic N) is 3. The molecule has 3 heterocycles. The number of pyridine rings is 1. The molecule has 0 saturated heterocycles. The maximum absolute atomic E-state index is 13.2. The van der Waals surface area contributed by atoms with Crippen molar-refractivity contribution in [2.75, 3.05) is 13.2 Å². The van der Waals surface area contributed by atoms with Gasteiger partial charge in [0.1, 0.15) is 10.3 Å². The fourth-order valence-corrected chi connectivity index (χ4v) is 4.79. The Kier molecular flexibility index (Phi) is 6.36. The van der Waals surface area contributed by atoms with Crippen LogP contribution >= 0.6 is 11.3 Å². The van der Waals surface area contributed by atoms with Crippen LogP contribution in [0.4, 0.5) is 0 Å². The molecule has 0 saturated carbocycles. The second-order valence-corrected chi connectivity index (χ2v) is 8.48. The Labute approximate surface area is 184 Å². The number of unbranched alkanes of at least 4 members (excludes halogenated alkanes) is 1. The molecule has 31 heavy (non-hydrogen) atoms. The molecule has 1 N–H and O–H groups in total. The van der Waals surface area contributed by atoms with E-state index in [-0.39, 0.29) is 11.5 Å². The van der Waals surface area contributed by atoms with Gasteiger partial charge in [0.15, 0.2) is 5.75 Å². The SMILES string of the molecule is CCCCOc1c(C(=O)NCCCn2ccnc2)sc2c1c(=O)n(C)c1ccccc21. The summed E-state index contributed by atoms with van der Waals surface area (Å²) in [6.45, 7) is 3.85. The minimum Gasteiger partial charge on any atom is -0.491 e. The van der Waals surface area contributed by atoms with Crippen molar-refractivity contribution in [2.24, 2.45) is 7.05 Å². The van der Waals surface area contributed by atoms with E-state index < -0.39 is 0 Å². The van der Waals surface area contributed by atoms with Crippen LogP contribution in [0.1, 0.15) is 35.9 Å². The van der Waals surface area contributed by atoms with E-state index in [2.05, 4.69) is 17.2 Å². The van der Waals surface area contributed by atoms with Crippen molar-refractivity contribution >= 4 is 38.2 Å². The van der Waals surface area contributed by atoms with Crippen molar-refractivity contribution in [3.8, 4) is 5.75 Å². The van der Waals surface area contributed by atoms with Gasteiger partial charge in [-0.3, -0.25) is 9.59 Å². The number of hydrogen-bond donors (Lipinski definition) is 1. The summed E-state index contributed by atoms with van der Waals surface area (Å²) in [6, 6.07) is 7.76. The third-order valence-corrected chi connectivity index (χ3v) is 6.48. The van der Waals surface area contributed by atoms with Gasteiger partial charge in [0, 0.05) is 37.9 Å². The van der Waals surface area contributed by atoms with Crippen molar-refractivity contribution in [1.29, 1.82) is 0 Å². The number of carbonyl (C=O) groups is 1. The molecule has 0 radical (unpaired) electrons. The number of fused-ring (bicyclic) bond motifs is 3. The van der Waals surface area contributed by atoms with Gasteiger partial charge in [-0.2, -0.15) is 0 Å². The molecule has 4 rings (SSSR count). The Morgan fingerprint density at radius 1 is 1.26 bits per heavy atom. The van der Waals surface area contributed by atoms with E-state index in [4.69, 9.17) is 4.74 Å². The summed E-state index contributed by atoms with van der Waals surface area (Å²) in [6.07, 6.45) is 8.00. The first-order valence-corrected chi connectivity index (χ1v) is 11.3. The number of imidazole rings is 1. The van der Waals surface area contributed by atoms with Crippen LogP contribution in [0.5, 0.6) is 5.75 Å². The van der Waals surface area contributed by atoms with Gasteiger partial charge in [-0.05, 0) is 18.9 Å². The number of hydrogen-bond acceptors (Lipinski definition) is 5. The Morgan fingerprint density at radius 2 is 2.10 bits per heavy atom. The number of aryl methyl sites for hydroxylation is 2. The second kappa shape index (κ2) is 9.34. The van der Waals surface area contributed by atoms with E-state index in [9.17, 15) is 9.59 Å². The maximum Gasteiger partial charge on any atom is 0.265 e. The first-order chi connectivity index (χ1) is 15.1. The number of rotatable bonds is 9. The fraction of sp³-hybridized carbons (Fsp3) is 0.348. The van der Waals surface area contributed by atoms with E-state index in [1.54, 1.807) is 24.1 Å². The molecule has 8 heteroatoms. The van der Waals surface area contributed by atoms with Gasteiger partial charge in [-0.1, -0.05) is 31.5 Å². The largest absolute Gasteiger partial charge is 0.491 e. The third kappa shape index (κ3) is 4.20. The first kappa shape index (κ1) is 21.1. The molecule has 162 valence electrons. The molecule has 0 bridgehead atoms.